The van der Waals surface area contributed by atoms with Crippen LogP contribution < -0.4 is 5.73 Å². The monoisotopic (exact) mass is 361 g/mol. The minimum Gasteiger partial charge on any atom is -0.445 e. The van der Waals surface area contributed by atoms with Crippen LogP contribution in [0.5, 0.6) is 0 Å². The van der Waals surface area contributed by atoms with Crippen LogP contribution in [-0.4, -0.2) is 53.5 Å². The SMILES string of the molecule is CCN(C[C@@H]1CCCN1C(=O)[C@@H](N)C(C)C)C(=O)OCc1ccccc1. The van der Waals surface area contributed by atoms with Crippen molar-refractivity contribution in [2.75, 3.05) is 19.6 Å². The van der Waals surface area contributed by atoms with Gasteiger partial charge in [0.15, 0.2) is 0 Å². The molecule has 0 radical (unpaired) electrons. The highest BCUT2D eigenvalue weighted by Gasteiger charge is 2.34. The Balaban J connectivity index is 1.92. The van der Waals surface area contributed by atoms with Crippen LogP contribution in [-0.2, 0) is 16.1 Å². The highest BCUT2D eigenvalue weighted by molar-refractivity contribution is 5.82. The fraction of sp³-hybridized carbons (Fsp3) is 0.600. The molecule has 2 rings (SSSR count). The van der Waals surface area contributed by atoms with Gasteiger partial charge in [-0.3, -0.25) is 4.79 Å². The molecule has 1 aliphatic heterocycles. The van der Waals surface area contributed by atoms with Gasteiger partial charge in [-0.1, -0.05) is 44.2 Å². The number of nitrogens with two attached hydrogens (primary N) is 1. The summed E-state index contributed by atoms with van der Waals surface area (Å²) in [5.41, 5.74) is 7.00. The van der Waals surface area contributed by atoms with Gasteiger partial charge in [-0.05, 0) is 31.2 Å². The van der Waals surface area contributed by atoms with Gasteiger partial charge in [0, 0.05) is 25.7 Å². The molecule has 2 N–H and O–H groups in total. The smallest absolute Gasteiger partial charge is 0.410 e. The van der Waals surface area contributed by atoms with E-state index in [1.165, 1.54) is 0 Å². The molecule has 2 amide bonds. The number of carbonyl (C=O) groups excluding carboxylic acids is 2. The molecule has 6 heteroatoms. The topological polar surface area (TPSA) is 75.9 Å². The summed E-state index contributed by atoms with van der Waals surface area (Å²) < 4.78 is 5.43. The number of likely N-dealkylation sites (tertiary alicyclic amines) is 1. The van der Waals surface area contributed by atoms with E-state index in [2.05, 4.69) is 0 Å². The Kier molecular flexibility index (Phi) is 7.45. The summed E-state index contributed by atoms with van der Waals surface area (Å²) >= 11 is 0. The van der Waals surface area contributed by atoms with Crippen LogP contribution in [0.3, 0.4) is 0 Å². The lowest BCUT2D eigenvalue weighted by Gasteiger charge is -2.32. The summed E-state index contributed by atoms with van der Waals surface area (Å²) in [5, 5.41) is 0. The molecule has 144 valence electrons. The van der Waals surface area contributed by atoms with E-state index < -0.39 is 6.04 Å². The Morgan fingerprint density at radius 3 is 2.62 bits per heavy atom. The van der Waals surface area contributed by atoms with Crippen molar-refractivity contribution in [2.24, 2.45) is 11.7 Å². The van der Waals surface area contributed by atoms with E-state index in [1.54, 1.807) is 4.90 Å². The molecule has 1 aliphatic rings. The normalized spacial score (nSPS) is 18.0. The van der Waals surface area contributed by atoms with E-state index in [-0.39, 0.29) is 30.6 Å². The Morgan fingerprint density at radius 1 is 1.31 bits per heavy atom. The second-order valence-corrected chi connectivity index (χ2v) is 7.18. The summed E-state index contributed by atoms with van der Waals surface area (Å²) in [7, 11) is 0. The molecule has 1 heterocycles. The van der Waals surface area contributed by atoms with Gasteiger partial charge in [-0.15, -0.1) is 0 Å². The van der Waals surface area contributed by atoms with Gasteiger partial charge < -0.3 is 20.3 Å². The Hall–Kier alpha value is -2.08. The highest BCUT2D eigenvalue weighted by atomic mass is 16.6. The van der Waals surface area contributed by atoms with Crippen molar-refractivity contribution in [3.8, 4) is 0 Å². The van der Waals surface area contributed by atoms with E-state index in [1.807, 2.05) is 56.0 Å². The van der Waals surface area contributed by atoms with Crippen molar-refractivity contribution < 1.29 is 14.3 Å². The van der Waals surface area contributed by atoms with E-state index in [4.69, 9.17) is 10.5 Å². The molecule has 0 saturated carbocycles. The van der Waals surface area contributed by atoms with Crippen molar-refractivity contribution in [3.05, 3.63) is 35.9 Å². The zero-order valence-electron chi connectivity index (χ0n) is 16.1. The molecule has 26 heavy (non-hydrogen) atoms. The average Bonchev–Trinajstić information content (AvgIpc) is 3.11. The zero-order chi connectivity index (χ0) is 19.1. The van der Waals surface area contributed by atoms with E-state index in [0.29, 0.717) is 19.6 Å². The second kappa shape index (κ2) is 9.57. The van der Waals surface area contributed by atoms with Crippen LogP contribution in [0.25, 0.3) is 0 Å². The third-order valence-electron chi connectivity index (χ3n) is 4.94. The first-order valence-electron chi connectivity index (χ1n) is 9.45. The van der Waals surface area contributed by atoms with Gasteiger partial charge in [0.1, 0.15) is 6.61 Å². The maximum absolute atomic E-state index is 12.6. The number of carbonyl (C=O) groups is 2. The molecule has 2 atom stereocenters. The predicted molar refractivity (Wildman–Crippen MR) is 101 cm³/mol. The lowest BCUT2D eigenvalue weighted by Crippen LogP contribution is -2.51. The van der Waals surface area contributed by atoms with Gasteiger partial charge in [-0.2, -0.15) is 0 Å². The Labute approximate surface area is 156 Å². The van der Waals surface area contributed by atoms with Crippen LogP contribution >= 0.6 is 0 Å². The first-order valence-corrected chi connectivity index (χ1v) is 9.45. The maximum Gasteiger partial charge on any atom is 0.410 e. The molecule has 0 aliphatic carbocycles. The first kappa shape index (κ1) is 20.2. The molecule has 1 aromatic carbocycles. The van der Waals surface area contributed by atoms with E-state index >= 15 is 0 Å². The first-order chi connectivity index (χ1) is 12.4. The number of nitrogens with zero attached hydrogens (tertiary/aromatic N) is 2. The molecule has 1 fully saturated rings. The molecule has 6 nitrogen and oxygen atoms in total. The Bertz CT molecular complexity index is 591. The van der Waals surface area contributed by atoms with Gasteiger partial charge in [0.25, 0.3) is 0 Å². The molecule has 1 aromatic rings. The molecular weight excluding hydrogens is 330 g/mol. The number of rotatable bonds is 7. The third kappa shape index (κ3) is 5.21. The van der Waals surface area contributed by atoms with E-state index in [0.717, 1.165) is 18.4 Å². The predicted octanol–water partition coefficient (Wildman–Crippen LogP) is 2.62. The van der Waals surface area contributed by atoms with Crippen LogP contribution in [0.4, 0.5) is 4.79 Å². The minimum atomic E-state index is -0.490. The van der Waals surface area contributed by atoms with Crippen LogP contribution in [0, 0.1) is 5.92 Å². The van der Waals surface area contributed by atoms with Gasteiger partial charge >= 0.3 is 6.09 Å². The molecule has 1 saturated heterocycles. The molecule has 0 aromatic heterocycles. The number of likely N-dealkylation sites (N-methyl/N-ethyl adjacent to an activating group) is 1. The van der Waals surface area contributed by atoms with Crippen molar-refractivity contribution in [1.29, 1.82) is 0 Å². The fourth-order valence-corrected chi connectivity index (χ4v) is 3.19. The summed E-state index contributed by atoms with van der Waals surface area (Å²) in [6.45, 7) is 7.82. The second-order valence-electron chi connectivity index (χ2n) is 7.18. The molecule has 0 bridgehead atoms. The van der Waals surface area contributed by atoms with E-state index in [9.17, 15) is 9.59 Å². The molecular formula is C20H31N3O3. The maximum atomic E-state index is 12.6. The van der Waals surface area contributed by atoms with Gasteiger partial charge in [0.05, 0.1) is 6.04 Å². The summed E-state index contributed by atoms with van der Waals surface area (Å²) in [4.78, 5) is 28.6. The quantitative estimate of drug-likeness (QED) is 0.810. The number of hydrogen-bond donors (Lipinski definition) is 1. The minimum absolute atomic E-state index is 0.0107. The summed E-state index contributed by atoms with van der Waals surface area (Å²) in [5.74, 6) is 0.0815. The third-order valence-corrected chi connectivity index (χ3v) is 4.94. The lowest BCUT2D eigenvalue weighted by molar-refractivity contribution is -0.134. The van der Waals surface area contributed by atoms with Crippen LogP contribution in [0.1, 0.15) is 39.2 Å². The van der Waals surface area contributed by atoms with Crippen molar-refractivity contribution >= 4 is 12.0 Å². The van der Waals surface area contributed by atoms with Crippen molar-refractivity contribution in [1.82, 2.24) is 9.80 Å². The van der Waals surface area contributed by atoms with Crippen molar-refractivity contribution in [3.63, 3.8) is 0 Å². The van der Waals surface area contributed by atoms with Gasteiger partial charge in [-0.25, -0.2) is 4.79 Å². The number of ether oxygens (including phenoxy) is 1. The van der Waals surface area contributed by atoms with Crippen LogP contribution in [0.2, 0.25) is 0 Å². The fourth-order valence-electron chi connectivity index (χ4n) is 3.19. The zero-order valence-corrected chi connectivity index (χ0v) is 16.1. The highest BCUT2D eigenvalue weighted by Crippen LogP contribution is 2.21. The van der Waals surface area contributed by atoms with Gasteiger partial charge in [0.2, 0.25) is 5.91 Å². The average molecular weight is 361 g/mol. The Morgan fingerprint density at radius 2 is 2.00 bits per heavy atom. The van der Waals surface area contributed by atoms with Crippen molar-refractivity contribution in [2.45, 2.75) is 52.3 Å². The number of amides is 2. The molecule has 0 unspecified atom stereocenters. The lowest BCUT2D eigenvalue weighted by atomic mass is 10.0. The largest absolute Gasteiger partial charge is 0.445 e. The van der Waals surface area contributed by atoms with Crippen LogP contribution in [0.15, 0.2) is 30.3 Å². The molecule has 0 spiro atoms. The number of benzene rings is 1. The standard InChI is InChI=1S/C20H31N3O3/c1-4-22(20(25)26-14-16-9-6-5-7-10-16)13-17-11-8-12-23(17)19(24)18(21)15(2)3/h5-7,9-10,15,17-18H,4,8,11-14,21H2,1-3H3/t17-,18-/m0/s1. The summed E-state index contributed by atoms with van der Waals surface area (Å²) in [6.07, 6.45) is 1.49. The number of hydrogen-bond acceptors (Lipinski definition) is 4. The summed E-state index contributed by atoms with van der Waals surface area (Å²) in [6, 6.07) is 9.13.